The number of benzene rings is 1. The van der Waals surface area contributed by atoms with Gasteiger partial charge in [0.05, 0.1) is 15.8 Å². The largest absolute Gasteiger partial charge is 0.506 e. The summed E-state index contributed by atoms with van der Waals surface area (Å²) in [6.45, 7) is 0. The van der Waals surface area contributed by atoms with Crippen molar-refractivity contribution in [2.45, 2.75) is 35.8 Å². The molecule has 1 aliphatic carbocycles. The molecule has 0 aliphatic heterocycles. The normalized spacial score (nSPS) is 17.2. The number of hydrogen-bond acceptors (Lipinski definition) is 5. The van der Waals surface area contributed by atoms with Crippen LogP contribution in [0.15, 0.2) is 23.1 Å². The van der Waals surface area contributed by atoms with Crippen molar-refractivity contribution in [2.24, 2.45) is 0 Å². The minimum Gasteiger partial charge on any atom is -0.506 e. The molecule has 0 bridgehead atoms. The number of phenols is 1. The predicted molar refractivity (Wildman–Crippen MR) is 76.0 cm³/mol. The Kier molecular flexibility index (Phi) is 3.97. The summed E-state index contributed by atoms with van der Waals surface area (Å²) < 4.78 is 49.5. The maximum absolute atomic E-state index is 12.1. The van der Waals surface area contributed by atoms with Gasteiger partial charge in [-0.15, -0.1) is 0 Å². The molecule has 112 valence electrons. The van der Waals surface area contributed by atoms with E-state index in [2.05, 4.69) is 4.72 Å². The maximum atomic E-state index is 12.1. The highest BCUT2D eigenvalue weighted by Gasteiger charge is 2.29. The van der Waals surface area contributed by atoms with Gasteiger partial charge >= 0.3 is 0 Å². The first-order valence-electron chi connectivity index (χ1n) is 6.25. The average Bonchev–Trinajstić information content (AvgIpc) is 2.84. The van der Waals surface area contributed by atoms with Crippen LogP contribution in [0.1, 0.15) is 25.7 Å². The third kappa shape index (κ3) is 3.24. The third-order valence-corrected chi connectivity index (χ3v) is 6.35. The molecule has 1 aromatic carbocycles. The van der Waals surface area contributed by atoms with Gasteiger partial charge in [-0.05, 0) is 31.0 Å². The molecule has 1 saturated carbocycles. The number of phenolic OH excluding ortho intramolecular Hbond substituents is 1. The van der Waals surface area contributed by atoms with E-state index in [1.165, 1.54) is 12.1 Å². The number of nitrogens with one attached hydrogen (secondary N) is 1. The minimum atomic E-state index is -3.60. The summed E-state index contributed by atoms with van der Waals surface area (Å²) in [5.41, 5.74) is -0.0974. The van der Waals surface area contributed by atoms with E-state index in [1.807, 2.05) is 0 Å². The molecule has 0 heterocycles. The lowest BCUT2D eigenvalue weighted by Crippen LogP contribution is -2.25. The van der Waals surface area contributed by atoms with Crippen LogP contribution < -0.4 is 4.72 Å². The molecular formula is C12H17NO5S2. The number of hydrogen-bond donors (Lipinski definition) is 2. The summed E-state index contributed by atoms with van der Waals surface area (Å²) in [5, 5.41) is 9.20. The second-order valence-electron chi connectivity index (χ2n) is 5.00. The molecule has 6 nitrogen and oxygen atoms in total. The Morgan fingerprint density at radius 3 is 2.30 bits per heavy atom. The van der Waals surface area contributed by atoms with Crippen molar-refractivity contribution >= 4 is 25.5 Å². The van der Waals surface area contributed by atoms with Crippen molar-refractivity contribution in [2.75, 3.05) is 11.0 Å². The fourth-order valence-corrected chi connectivity index (χ4v) is 4.50. The Labute approximate surface area is 118 Å². The van der Waals surface area contributed by atoms with Crippen molar-refractivity contribution in [3.63, 3.8) is 0 Å². The highest BCUT2D eigenvalue weighted by atomic mass is 32.2. The summed E-state index contributed by atoms with van der Waals surface area (Å²) >= 11 is 0. The van der Waals surface area contributed by atoms with Gasteiger partial charge in [-0.3, -0.25) is 4.72 Å². The van der Waals surface area contributed by atoms with E-state index >= 15 is 0 Å². The van der Waals surface area contributed by atoms with E-state index in [4.69, 9.17) is 0 Å². The van der Waals surface area contributed by atoms with Crippen molar-refractivity contribution in [1.29, 1.82) is 0 Å². The lowest BCUT2D eigenvalue weighted by molar-refractivity contribution is 0.477. The first kappa shape index (κ1) is 15.1. The predicted octanol–water partition coefficient (Wildman–Crippen LogP) is 1.48. The number of sulfonamides is 1. The van der Waals surface area contributed by atoms with Gasteiger partial charge in [-0.25, -0.2) is 16.8 Å². The van der Waals surface area contributed by atoms with E-state index in [0.717, 1.165) is 25.2 Å². The lowest BCUT2D eigenvalue weighted by Gasteiger charge is -2.14. The van der Waals surface area contributed by atoms with Gasteiger partial charge in [0.2, 0.25) is 10.0 Å². The monoisotopic (exact) mass is 319 g/mol. The lowest BCUT2D eigenvalue weighted by atomic mass is 10.3. The van der Waals surface area contributed by atoms with E-state index < -0.39 is 25.1 Å². The van der Waals surface area contributed by atoms with Crippen LogP contribution in [0.25, 0.3) is 0 Å². The van der Waals surface area contributed by atoms with Crippen molar-refractivity contribution in [3.8, 4) is 5.75 Å². The number of sulfone groups is 1. The average molecular weight is 319 g/mol. The van der Waals surface area contributed by atoms with E-state index in [0.29, 0.717) is 12.8 Å². The SMILES string of the molecule is CS(=O)(=O)c1ccc(O)c(NS(=O)(=O)C2CCCC2)c1. The molecule has 0 radical (unpaired) electrons. The molecule has 2 rings (SSSR count). The molecule has 2 N–H and O–H groups in total. The molecule has 8 heteroatoms. The van der Waals surface area contributed by atoms with Crippen LogP contribution in [0.3, 0.4) is 0 Å². The second-order valence-corrected chi connectivity index (χ2v) is 8.98. The van der Waals surface area contributed by atoms with E-state index in [1.54, 1.807) is 0 Å². The van der Waals surface area contributed by atoms with Gasteiger partial charge in [-0.1, -0.05) is 12.8 Å². The van der Waals surface area contributed by atoms with Crippen LogP contribution in [-0.2, 0) is 19.9 Å². The summed E-state index contributed by atoms with van der Waals surface area (Å²) in [7, 11) is -7.07. The van der Waals surface area contributed by atoms with Crippen molar-refractivity contribution < 1.29 is 21.9 Å². The van der Waals surface area contributed by atoms with E-state index in [-0.39, 0.29) is 16.3 Å². The molecule has 20 heavy (non-hydrogen) atoms. The Morgan fingerprint density at radius 2 is 1.75 bits per heavy atom. The van der Waals surface area contributed by atoms with Crippen molar-refractivity contribution in [3.05, 3.63) is 18.2 Å². The number of aromatic hydroxyl groups is 1. The Balaban J connectivity index is 2.33. The van der Waals surface area contributed by atoms with Gasteiger partial charge in [0, 0.05) is 6.26 Å². The smallest absolute Gasteiger partial charge is 0.235 e. The summed E-state index contributed by atoms with van der Waals surface area (Å²) in [4.78, 5) is -0.0422. The Bertz CT molecular complexity index is 703. The minimum absolute atomic E-state index is 0.0422. The highest BCUT2D eigenvalue weighted by molar-refractivity contribution is 7.93. The Hall–Kier alpha value is -1.28. The molecule has 0 aromatic heterocycles. The quantitative estimate of drug-likeness (QED) is 0.819. The summed E-state index contributed by atoms with van der Waals surface area (Å²) in [5.74, 6) is -0.293. The molecule has 0 unspecified atom stereocenters. The highest BCUT2D eigenvalue weighted by Crippen LogP contribution is 2.31. The molecule has 0 amide bonds. The number of anilines is 1. The van der Waals surface area contributed by atoms with Gasteiger partial charge in [0.25, 0.3) is 0 Å². The standard InChI is InChI=1S/C12H17NO5S2/c1-19(15,16)10-6-7-12(14)11(8-10)13-20(17,18)9-4-2-3-5-9/h6-9,13-14H,2-5H2,1H3. The molecule has 0 saturated heterocycles. The number of rotatable bonds is 4. The van der Waals surface area contributed by atoms with Gasteiger partial charge in [0.15, 0.2) is 9.84 Å². The summed E-state index contributed by atoms with van der Waals surface area (Å²) in [6, 6.07) is 3.54. The van der Waals surface area contributed by atoms with Crippen molar-refractivity contribution in [1.82, 2.24) is 0 Å². The Morgan fingerprint density at radius 1 is 1.15 bits per heavy atom. The van der Waals surface area contributed by atoms with Gasteiger partial charge in [-0.2, -0.15) is 0 Å². The molecule has 0 atom stereocenters. The fraction of sp³-hybridized carbons (Fsp3) is 0.500. The van der Waals surface area contributed by atoms with E-state index in [9.17, 15) is 21.9 Å². The van der Waals surface area contributed by atoms with Crippen LogP contribution in [0, 0.1) is 0 Å². The molecule has 1 aliphatic rings. The first-order chi connectivity index (χ1) is 9.20. The first-order valence-corrected chi connectivity index (χ1v) is 9.68. The molecular weight excluding hydrogens is 302 g/mol. The molecule has 1 fully saturated rings. The fourth-order valence-electron chi connectivity index (χ4n) is 2.26. The van der Waals surface area contributed by atoms with Crippen LogP contribution in [-0.4, -0.2) is 33.4 Å². The topological polar surface area (TPSA) is 101 Å². The zero-order chi connectivity index (χ0) is 15.0. The molecule has 1 aromatic rings. The van der Waals surface area contributed by atoms with Gasteiger partial charge in [0.1, 0.15) is 5.75 Å². The van der Waals surface area contributed by atoms with Gasteiger partial charge < -0.3 is 5.11 Å². The second kappa shape index (κ2) is 5.25. The van der Waals surface area contributed by atoms with Crippen LogP contribution >= 0.6 is 0 Å². The van der Waals surface area contributed by atoms with Crippen LogP contribution in [0.5, 0.6) is 5.75 Å². The zero-order valence-electron chi connectivity index (χ0n) is 11.0. The maximum Gasteiger partial charge on any atom is 0.235 e. The third-order valence-electron chi connectivity index (χ3n) is 3.39. The zero-order valence-corrected chi connectivity index (χ0v) is 12.7. The molecule has 0 spiro atoms. The summed E-state index contributed by atoms with van der Waals surface area (Å²) in [6.07, 6.45) is 3.92. The van der Waals surface area contributed by atoms with Crippen LogP contribution in [0.2, 0.25) is 0 Å². The van der Waals surface area contributed by atoms with Crippen LogP contribution in [0.4, 0.5) is 5.69 Å².